The van der Waals surface area contributed by atoms with Crippen molar-refractivity contribution in [1.29, 1.82) is 0 Å². The van der Waals surface area contributed by atoms with Crippen LogP contribution in [0.1, 0.15) is 40.7 Å². The molecule has 0 unspecified atom stereocenters. The summed E-state index contributed by atoms with van der Waals surface area (Å²) in [6, 6.07) is 1.53. The average molecular weight is 377 g/mol. The van der Waals surface area contributed by atoms with Crippen LogP contribution in [-0.4, -0.2) is 79.5 Å². The second kappa shape index (κ2) is 7.69. The van der Waals surface area contributed by atoms with E-state index in [1.54, 1.807) is 0 Å². The molecule has 0 radical (unpaired) electrons. The fourth-order valence-electron chi connectivity index (χ4n) is 4.31. The van der Waals surface area contributed by atoms with E-state index in [-0.39, 0.29) is 28.7 Å². The van der Waals surface area contributed by atoms with E-state index >= 15 is 0 Å². The van der Waals surface area contributed by atoms with E-state index in [0.717, 1.165) is 32.7 Å². The summed E-state index contributed by atoms with van der Waals surface area (Å²) < 4.78 is 17.2. The summed E-state index contributed by atoms with van der Waals surface area (Å²) in [7, 11) is 0. The summed E-state index contributed by atoms with van der Waals surface area (Å²) in [6.07, 6.45) is 2.10. The molecule has 1 N–H and O–H groups in total. The number of carbonyl (C=O) groups is 2. The van der Waals surface area contributed by atoms with Gasteiger partial charge in [-0.15, -0.1) is 0 Å². The smallest absolute Gasteiger partial charge is 0.271 e. The van der Waals surface area contributed by atoms with E-state index in [2.05, 4.69) is 10.2 Å². The number of H-pyrrole nitrogens is 1. The summed E-state index contributed by atoms with van der Waals surface area (Å²) >= 11 is 0. The highest BCUT2D eigenvalue weighted by Gasteiger charge is 2.52. The number of nitrogens with zero attached hydrogens (tertiary/aromatic N) is 2. The van der Waals surface area contributed by atoms with Gasteiger partial charge in [0.1, 0.15) is 11.4 Å². The van der Waals surface area contributed by atoms with Crippen molar-refractivity contribution in [1.82, 2.24) is 15.1 Å². The molecule has 27 heavy (non-hydrogen) atoms. The Kier molecular flexibility index (Phi) is 5.29. The van der Waals surface area contributed by atoms with Gasteiger partial charge < -0.3 is 19.1 Å². The molecule has 3 saturated heterocycles. The van der Waals surface area contributed by atoms with E-state index < -0.39 is 0 Å². The molecule has 3 fully saturated rings. The number of aromatic amines is 1. The lowest BCUT2D eigenvalue weighted by Gasteiger charge is -2.29. The number of rotatable bonds is 6. The Hall–Kier alpha value is -1.77. The molecule has 4 heterocycles. The van der Waals surface area contributed by atoms with Gasteiger partial charge >= 0.3 is 0 Å². The summed E-state index contributed by atoms with van der Waals surface area (Å²) in [5.74, 6) is 0.569. The van der Waals surface area contributed by atoms with Gasteiger partial charge in [-0.2, -0.15) is 5.10 Å². The number of ketones is 1. The lowest BCUT2D eigenvalue weighted by atomic mass is 9.82. The predicted octanol–water partition coefficient (Wildman–Crippen LogP) is 1.14. The third kappa shape index (κ3) is 3.79. The molecule has 2 atom stereocenters. The molecule has 3 aliphatic heterocycles. The zero-order chi connectivity index (χ0) is 18.9. The molecule has 0 saturated carbocycles. The van der Waals surface area contributed by atoms with Crippen LogP contribution in [0.3, 0.4) is 0 Å². The highest BCUT2D eigenvalue weighted by atomic mass is 16.5. The van der Waals surface area contributed by atoms with Gasteiger partial charge in [-0.05, 0) is 24.8 Å². The molecule has 3 aliphatic rings. The van der Waals surface area contributed by atoms with E-state index in [1.807, 2.05) is 4.90 Å². The van der Waals surface area contributed by atoms with Crippen LogP contribution in [0.25, 0.3) is 0 Å². The van der Waals surface area contributed by atoms with Crippen molar-refractivity contribution in [3.8, 4) is 0 Å². The van der Waals surface area contributed by atoms with Crippen LogP contribution in [0.4, 0.5) is 0 Å². The number of fused-ring (bicyclic) bond motifs is 1. The topological polar surface area (TPSA) is 93.8 Å². The summed E-state index contributed by atoms with van der Waals surface area (Å²) in [5.41, 5.74) is 0.513. The van der Waals surface area contributed by atoms with Crippen LogP contribution >= 0.6 is 0 Å². The summed E-state index contributed by atoms with van der Waals surface area (Å²) in [5, 5.41) is 6.61. The molecular formula is C19H27N3O5. The second-order valence-corrected chi connectivity index (χ2v) is 8.05. The third-order valence-electron chi connectivity index (χ3n) is 6.06. The molecule has 4 rings (SSSR count). The first-order valence-corrected chi connectivity index (χ1v) is 9.66. The van der Waals surface area contributed by atoms with Crippen LogP contribution in [0, 0.1) is 17.3 Å². The van der Waals surface area contributed by atoms with Crippen molar-refractivity contribution < 1.29 is 23.8 Å². The molecule has 1 aromatic rings. The van der Waals surface area contributed by atoms with Crippen molar-refractivity contribution >= 4 is 11.7 Å². The van der Waals surface area contributed by atoms with Crippen molar-refractivity contribution in [2.75, 3.05) is 52.7 Å². The number of carbonyl (C=O) groups excluding carboxylic acids is 2. The van der Waals surface area contributed by atoms with Gasteiger partial charge in [0.05, 0.1) is 19.8 Å². The van der Waals surface area contributed by atoms with Crippen molar-refractivity contribution in [2.45, 2.75) is 19.8 Å². The van der Waals surface area contributed by atoms with Gasteiger partial charge in [-0.1, -0.05) is 0 Å². The van der Waals surface area contributed by atoms with Gasteiger partial charge in [0.25, 0.3) is 5.91 Å². The van der Waals surface area contributed by atoms with Crippen LogP contribution < -0.4 is 0 Å². The minimum atomic E-state index is -0.157. The number of nitrogens with one attached hydrogen (secondary N) is 1. The van der Waals surface area contributed by atoms with Crippen LogP contribution in [0.15, 0.2) is 6.07 Å². The Bertz CT molecular complexity index is 699. The van der Waals surface area contributed by atoms with E-state index in [1.165, 1.54) is 13.0 Å². The largest absolute Gasteiger partial charge is 0.381 e. The highest BCUT2D eigenvalue weighted by Crippen LogP contribution is 2.42. The molecule has 8 heteroatoms. The van der Waals surface area contributed by atoms with Gasteiger partial charge in [0, 0.05) is 51.2 Å². The Morgan fingerprint density at radius 3 is 2.93 bits per heavy atom. The Balaban J connectivity index is 1.36. The van der Waals surface area contributed by atoms with Gasteiger partial charge in [0.2, 0.25) is 0 Å². The molecule has 1 aromatic heterocycles. The van der Waals surface area contributed by atoms with Gasteiger partial charge in [-0.3, -0.25) is 14.7 Å². The SMILES string of the molecule is CC(=O)c1cc(C(=O)N2C[C@@H]3COC[C@]3(COCC3CCOCC3)C2)[nH]n1. The third-order valence-corrected chi connectivity index (χ3v) is 6.06. The molecule has 148 valence electrons. The van der Waals surface area contributed by atoms with Crippen molar-refractivity contribution in [3.63, 3.8) is 0 Å². The molecule has 1 amide bonds. The number of hydrogen-bond acceptors (Lipinski definition) is 6. The average Bonchev–Trinajstić information content (AvgIpc) is 3.36. The minimum absolute atomic E-state index is 0.117. The van der Waals surface area contributed by atoms with Crippen LogP contribution in [0.5, 0.6) is 0 Å². The summed E-state index contributed by atoms with van der Waals surface area (Å²) in [4.78, 5) is 26.1. The fourth-order valence-corrected chi connectivity index (χ4v) is 4.31. The van der Waals surface area contributed by atoms with Crippen molar-refractivity contribution in [2.24, 2.45) is 17.3 Å². The number of likely N-dealkylation sites (tertiary alicyclic amines) is 1. The Morgan fingerprint density at radius 1 is 1.37 bits per heavy atom. The zero-order valence-corrected chi connectivity index (χ0v) is 15.7. The van der Waals surface area contributed by atoms with Crippen LogP contribution in [-0.2, 0) is 14.2 Å². The maximum Gasteiger partial charge on any atom is 0.271 e. The van der Waals surface area contributed by atoms with E-state index in [4.69, 9.17) is 14.2 Å². The molecule has 0 bridgehead atoms. The molecular weight excluding hydrogens is 350 g/mol. The maximum atomic E-state index is 12.8. The highest BCUT2D eigenvalue weighted by molar-refractivity contribution is 5.97. The number of Topliss-reactive ketones (excluding diaryl/α,β-unsaturated/α-hetero) is 1. The predicted molar refractivity (Wildman–Crippen MR) is 95.6 cm³/mol. The number of amides is 1. The quantitative estimate of drug-likeness (QED) is 0.748. The van der Waals surface area contributed by atoms with Crippen molar-refractivity contribution in [3.05, 3.63) is 17.5 Å². The number of ether oxygens (including phenoxy) is 3. The molecule has 0 spiro atoms. The standard InChI is InChI=1S/C19H27N3O5/c1-13(23)16-6-17(21-20-16)18(24)22-7-15-9-27-12-19(15,10-22)11-26-8-14-2-4-25-5-3-14/h6,14-15H,2-5,7-12H2,1H3,(H,20,21)/t15-,19-/m1/s1. The lowest BCUT2D eigenvalue weighted by Crippen LogP contribution is -2.38. The Labute approximate surface area is 158 Å². The minimum Gasteiger partial charge on any atom is -0.381 e. The van der Waals surface area contributed by atoms with E-state index in [0.29, 0.717) is 44.5 Å². The first-order valence-electron chi connectivity index (χ1n) is 9.66. The Morgan fingerprint density at radius 2 is 2.19 bits per heavy atom. The lowest BCUT2D eigenvalue weighted by molar-refractivity contribution is -0.0151. The molecule has 0 aliphatic carbocycles. The number of hydrogen-bond donors (Lipinski definition) is 1. The first-order chi connectivity index (χ1) is 13.1. The number of aromatic nitrogens is 2. The van der Waals surface area contributed by atoms with E-state index in [9.17, 15) is 9.59 Å². The molecule has 0 aromatic carbocycles. The van der Waals surface area contributed by atoms with Gasteiger partial charge in [0.15, 0.2) is 5.78 Å². The first kappa shape index (κ1) is 18.6. The second-order valence-electron chi connectivity index (χ2n) is 8.05. The monoisotopic (exact) mass is 377 g/mol. The normalized spacial score (nSPS) is 28.5. The van der Waals surface area contributed by atoms with Gasteiger partial charge in [-0.25, -0.2) is 0 Å². The molecule has 8 nitrogen and oxygen atoms in total. The zero-order valence-electron chi connectivity index (χ0n) is 15.7. The summed E-state index contributed by atoms with van der Waals surface area (Å²) in [6.45, 7) is 6.97. The van der Waals surface area contributed by atoms with Crippen LogP contribution in [0.2, 0.25) is 0 Å². The maximum absolute atomic E-state index is 12.8. The fraction of sp³-hybridized carbons (Fsp3) is 0.737.